The molecule has 0 aliphatic carbocycles. The van der Waals surface area contributed by atoms with E-state index < -0.39 is 165 Å². The molecule has 2 amide bonds. The second-order valence-electron chi connectivity index (χ2n) is 34.5. The van der Waals surface area contributed by atoms with Gasteiger partial charge in [0.2, 0.25) is 0 Å². The maximum atomic E-state index is 17.3. The fourth-order valence-electron chi connectivity index (χ4n) is 15.1. The lowest BCUT2D eigenvalue weighted by atomic mass is 10.1. The highest BCUT2D eigenvalue weighted by atomic mass is 32.7. The summed E-state index contributed by atoms with van der Waals surface area (Å²) in [4.78, 5) is 107. The Morgan fingerprint density at radius 3 is 1.49 bits per heavy atom. The highest BCUT2D eigenvalue weighted by Crippen LogP contribution is 2.65. The maximum Gasteiger partial charge on any atom is 0.390 e. The Labute approximate surface area is 779 Å². The van der Waals surface area contributed by atoms with E-state index in [9.17, 15) is 39.4 Å². The molecule has 37 nitrogen and oxygen atoms in total. The topological polar surface area (TPSA) is 428 Å². The van der Waals surface area contributed by atoms with Crippen LogP contribution in [0.1, 0.15) is 117 Å². The molecule has 6 aliphatic heterocycles. The van der Waals surface area contributed by atoms with Gasteiger partial charge in [0.15, 0.2) is 111 Å². The molecule has 702 valence electrons. The Hall–Kier alpha value is -9.12. The third-order valence-electron chi connectivity index (χ3n) is 24.2. The Bertz CT molecular complexity index is 6280. The van der Waals surface area contributed by atoms with Crippen molar-refractivity contribution in [2.75, 3.05) is 49.3 Å². The molecule has 8 aromatic heterocycles. The standard InChI is InChI=1S/C44H58F2N9O8PSSi2.C39H35F2N10O10PS.2H2S/c1-43(2,3)66(7,8)59-22-30-35-31(45)41(61-30)54-25-51-33-28(47-23-48-37(33)54)19-15-12-16-20-53(40(56)27-17-13-11-14-18-27)38-34-39(50-24-49-38)55(26-52-34)42-32(46)36(63-67(9,10)44(4,5)6)29(60-42)21-58-64(57,65)62-35;40-28-32(53)27-16-58-62(57,63-17-23-11-6-7-13-25(23)51(55)56)61-33-26(15-52)59-39(29(33)41)49-20-46-30-24(42-18-43-34(30)49)12-5-2-8-14-48(37(54)22-9-3-1-4-10-22)35-31-36(45-19-44-35)50(21-47-31)38(28)60-27;;/h11,13-14,17-18,23-26,29-32,35-36,41-42H,15,19-22H2,1-10H3,(H,57,65);1,3-4,6-7,9-11,13,18-21,26-29,32-33,38-39,52-53H,5,12,14-17H2;2*1H2/t29-,30-,31-,32-,35-,36-,41?,42?,64?;26-,27-,28-,29-,32-,33-,38?,39?,62+;;/m11../s1. The number of hydrogen-bond acceptors (Lipinski definition) is 31. The van der Waals surface area contributed by atoms with Gasteiger partial charge in [0.1, 0.15) is 85.2 Å². The fraction of sp³-hybridized carbons (Fsp3) is 0.470. The zero-order chi connectivity index (χ0) is 92.1. The largest absolute Gasteiger partial charge is 0.414 e. The number of halogens is 4. The van der Waals surface area contributed by atoms with Crippen molar-refractivity contribution in [3.05, 3.63) is 174 Å². The molecule has 18 atom stereocenters. The molecule has 11 aromatic rings. The van der Waals surface area contributed by atoms with Crippen molar-refractivity contribution in [2.24, 2.45) is 0 Å². The first-order chi connectivity index (χ1) is 62.0. The molecular formula is C83H97F4N19O18P2S4Si2. The van der Waals surface area contributed by atoms with Gasteiger partial charge in [0.25, 0.3) is 17.5 Å². The van der Waals surface area contributed by atoms with Crippen molar-refractivity contribution in [3.63, 3.8) is 0 Å². The van der Waals surface area contributed by atoms with Crippen molar-refractivity contribution >= 4 is 154 Å². The van der Waals surface area contributed by atoms with Gasteiger partial charge in [-0.15, -0.1) is 11.8 Å². The van der Waals surface area contributed by atoms with Crippen LogP contribution in [0.5, 0.6) is 0 Å². The first kappa shape index (κ1) is 98.9. The van der Waals surface area contributed by atoms with E-state index in [1.165, 1.54) is 96.6 Å². The van der Waals surface area contributed by atoms with E-state index in [-0.39, 0.29) is 126 Å². The molecule has 24 bridgehead atoms. The van der Waals surface area contributed by atoms with Crippen LogP contribution >= 0.6 is 51.9 Å². The Morgan fingerprint density at radius 1 is 0.568 bits per heavy atom. The number of ether oxygens (including phenoxy) is 4. The normalized spacial score (nSPS) is 27.4. The van der Waals surface area contributed by atoms with Gasteiger partial charge in [-0.3, -0.25) is 61.3 Å². The van der Waals surface area contributed by atoms with Gasteiger partial charge in [-0.2, -0.15) is 27.0 Å². The fourth-order valence-corrected chi connectivity index (χ4v) is 22.3. The number of nitrogens with zero attached hydrogens (tertiary/aromatic N) is 19. The van der Waals surface area contributed by atoms with E-state index in [0.717, 1.165) is 6.33 Å². The van der Waals surface area contributed by atoms with Crippen molar-refractivity contribution in [1.82, 2.24) is 78.1 Å². The predicted molar refractivity (Wildman–Crippen MR) is 494 cm³/mol. The van der Waals surface area contributed by atoms with Gasteiger partial charge >= 0.3 is 13.5 Å². The molecule has 0 spiro atoms. The van der Waals surface area contributed by atoms with Crippen LogP contribution in [0, 0.1) is 33.8 Å². The number of alkyl halides is 4. The Kier molecular flexibility index (Phi) is 30.3. The quantitative estimate of drug-likeness (QED) is 0.0255. The van der Waals surface area contributed by atoms with Gasteiger partial charge in [0.05, 0.1) is 81.1 Å². The summed E-state index contributed by atoms with van der Waals surface area (Å²) in [5, 5.41) is 32.8. The lowest BCUT2D eigenvalue weighted by Crippen LogP contribution is -2.49. The molecule has 6 aliphatic rings. The van der Waals surface area contributed by atoms with Crippen LogP contribution in [0.25, 0.3) is 44.7 Å². The third-order valence-corrected chi connectivity index (χ3v) is 38.4. The Morgan fingerprint density at radius 2 is 1.00 bits per heavy atom. The van der Waals surface area contributed by atoms with Crippen LogP contribution < -0.4 is 9.80 Å². The molecule has 5 unspecified atom stereocenters. The summed E-state index contributed by atoms with van der Waals surface area (Å²) < 4.78 is 149. The summed E-state index contributed by atoms with van der Waals surface area (Å²) in [5.41, 5.74) is 3.27. The molecule has 14 heterocycles. The number of aliphatic hydroxyl groups excluding tert-OH is 2. The number of nitro groups is 1. The number of aliphatic hydroxyl groups is 2. The van der Waals surface area contributed by atoms with Gasteiger partial charge < -0.3 is 47.4 Å². The number of carbonyl (C=O) groups excluding carboxylic acids is 2. The summed E-state index contributed by atoms with van der Waals surface area (Å²) in [7, 11) is -5.11. The lowest BCUT2D eigenvalue weighted by Gasteiger charge is -2.39. The minimum atomic E-state index is -4.70. The number of imidazole rings is 4. The van der Waals surface area contributed by atoms with E-state index in [1.54, 1.807) is 60.7 Å². The van der Waals surface area contributed by atoms with Gasteiger partial charge in [-0.25, -0.2) is 81.9 Å². The van der Waals surface area contributed by atoms with E-state index >= 15 is 17.6 Å². The summed E-state index contributed by atoms with van der Waals surface area (Å²) >= 11 is 6.07. The third kappa shape index (κ3) is 20.3. The van der Waals surface area contributed by atoms with Gasteiger partial charge in [-0.05, 0) is 83.7 Å². The number of hydrogen-bond donors (Lipinski definition) is 3. The molecule has 4 saturated heterocycles. The molecule has 0 radical (unpaired) electrons. The zero-order valence-corrected chi connectivity index (χ0v) is 80.3. The van der Waals surface area contributed by atoms with E-state index in [1.807, 2.05) is 33.9 Å². The second-order valence-corrected chi connectivity index (χ2v) is 50.9. The molecule has 49 heteroatoms. The first-order valence-electron chi connectivity index (χ1n) is 41.6. The second kappa shape index (κ2) is 40.4. The summed E-state index contributed by atoms with van der Waals surface area (Å²) in [6.45, 7) is 9.01. The van der Waals surface area contributed by atoms with Crippen molar-refractivity contribution in [3.8, 4) is 23.7 Å². The molecule has 3 N–H and O–H groups in total. The van der Waals surface area contributed by atoms with E-state index in [2.05, 4.69) is 117 Å². The van der Waals surface area contributed by atoms with Crippen LogP contribution in [-0.2, 0) is 80.9 Å². The number of fused-ring (bicyclic) bond motifs is 12. The molecule has 3 aromatic carbocycles. The summed E-state index contributed by atoms with van der Waals surface area (Å²) in [6, 6.07) is 22.8. The molecule has 4 fully saturated rings. The van der Waals surface area contributed by atoms with Crippen molar-refractivity contribution in [2.45, 2.75) is 208 Å². The highest BCUT2D eigenvalue weighted by Gasteiger charge is 2.57. The maximum absolute atomic E-state index is 17.3. The van der Waals surface area contributed by atoms with Crippen LogP contribution in [0.15, 0.2) is 136 Å². The predicted octanol–water partition coefficient (Wildman–Crippen LogP) is 12.4. The van der Waals surface area contributed by atoms with E-state index in [0.29, 0.717) is 63.4 Å². The number of amides is 2. The smallest absolute Gasteiger partial charge is 0.390 e. The van der Waals surface area contributed by atoms with Crippen molar-refractivity contribution in [1.29, 1.82) is 0 Å². The van der Waals surface area contributed by atoms with Gasteiger partial charge in [0, 0.05) is 54.2 Å². The van der Waals surface area contributed by atoms with Crippen LogP contribution in [0.2, 0.25) is 36.3 Å². The molecule has 132 heavy (non-hydrogen) atoms. The SMILES string of the molecule is CC(C)(C)[Si](C)(C)OC[C@H]1OC2[C@H](F)[C@@H]1OP(O)(=S)OC[C@H]1OC([C@H](F)[C@@H]1O[Si](C)(C)C(C)(C)C)n1cnc3c(ncnc31)N(C(=O)c1ccccc1)CC#CCCc1ncnc3c1ncn32.O=C(c1ccccc1)N1CC#CCCc2ncnc3c2ncn3C2O[C@H](CO)[C@@H](O[P@@](=O)(SCc3ccccc3[N+](=O)[O-])OC[C@H]3OC([C@H](F)[C@@H]3O)n3cnc4c1ncnc43)[C@H]2F.S.S. The number of anilines is 2. The number of carbonyl (C=O) groups is 2. The van der Waals surface area contributed by atoms with Gasteiger partial charge in [-0.1, -0.05) is 108 Å². The minimum Gasteiger partial charge on any atom is -0.414 e. The highest BCUT2D eigenvalue weighted by molar-refractivity contribution is 8.54. The van der Waals surface area contributed by atoms with E-state index in [4.69, 9.17) is 57.7 Å². The van der Waals surface area contributed by atoms with Crippen LogP contribution in [0.4, 0.5) is 34.9 Å². The summed E-state index contributed by atoms with van der Waals surface area (Å²) in [6.07, 6.45) is -13.7. The zero-order valence-electron chi connectivity index (χ0n) is 72.9. The summed E-state index contributed by atoms with van der Waals surface area (Å²) in [5.74, 6) is 11.4. The molecule has 17 rings (SSSR count). The number of aryl methyl sites for hydroxylation is 2. The minimum absolute atomic E-state index is 0. The average Bonchev–Trinajstić information content (AvgIpc) is 1.57. The average molecular weight is 1970 g/mol. The Balaban J connectivity index is 0.000000210. The number of para-hydroxylation sites is 1. The number of rotatable bonds is 12. The van der Waals surface area contributed by atoms with Crippen molar-refractivity contribution < 1.29 is 97.6 Å². The van der Waals surface area contributed by atoms with Crippen LogP contribution in [0.3, 0.4) is 0 Å². The molecular weight excluding hydrogens is 1870 g/mol. The number of benzene rings is 3. The van der Waals surface area contributed by atoms with Crippen LogP contribution in [-0.4, -0.2) is 240 Å². The first-order valence-corrected chi connectivity index (χ1v) is 53.1. The number of aromatic nitrogens is 16. The molecule has 0 saturated carbocycles. The monoisotopic (exact) mass is 1970 g/mol. The number of nitro benzene ring substituents is 1. The lowest BCUT2D eigenvalue weighted by molar-refractivity contribution is -0.385.